The molecule has 1 saturated heterocycles. The number of carbonyl (C=O) groups excluding carboxylic acids is 1. The molecule has 0 bridgehead atoms. The molecule has 352 valence electrons. The standard InChI is InChI=1S/C47H48ClN10O9P/c1-4-56(27-31-15-17-37(63-2)18-16-31)44-43-51-26-36(25-50)58(43)55-46(54-44)52-39-21-34(24-49)22-40(42(39)48)57-20-19-38(53-47(61)64-3)35(28-57)23-41(45(59)60)67-68(62,65-29-32-11-7-5-8-12-32)66-30-33-13-9-6-10-14-33/h5-18,21-22,26,35,38,41H,4,19-20,23,27-30H2,1-3H3,(H,52,55)(H,53,61)(H,59,60)/t35-,38-,41?/m1/s1. The number of aliphatic carboxylic acids is 1. The minimum Gasteiger partial charge on any atom is -0.497 e. The SMILES string of the molecule is CCN(Cc1ccc(OC)cc1)c1nc(Nc2cc(C#N)cc(N3CC[C@@H](NC(=O)OC)[C@H](CC(OP(=O)(OCc4ccccc4)OCc4ccccc4)C(=O)O)C3)c2Cl)nn2c(C#N)cnc12. The van der Waals surface area contributed by atoms with Gasteiger partial charge in [-0.25, -0.2) is 19.1 Å². The number of nitriles is 2. The molecule has 7 rings (SSSR count). The minimum absolute atomic E-state index is 0.0480. The Kier molecular flexibility index (Phi) is 16.1. The molecule has 1 fully saturated rings. The first-order valence-electron chi connectivity index (χ1n) is 21.4. The number of hydrogen-bond acceptors (Lipinski definition) is 16. The summed E-state index contributed by atoms with van der Waals surface area (Å²) in [7, 11) is -1.76. The van der Waals surface area contributed by atoms with Crippen LogP contribution in [0.4, 0.5) is 27.9 Å². The smallest absolute Gasteiger partial charge is 0.476 e. The van der Waals surface area contributed by atoms with E-state index in [9.17, 15) is 29.8 Å². The molecule has 6 aromatic rings. The highest BCUT2D eigenvalue weighted by Crippen LogP contribution is 2.53. The fourth-order valence-electron chi connectivity index (χ4n) is 7.67. The number of methoxy groups -OCH3 is 2. The van der Waals surface area contributed by atoms with E-state index in [1.165, 1.54) is 23.9 Å². The minimum atomic E-state index is -4.58. The number of carboxylic acid groups (broad SMARTS) is 1. The van der Waals surface area contributed by atoms with Crippen LogP contribution >= 0.6 is 19.4 Å². The van der Waals surface area contributed by atoms with Crippen molar-refractivity contribution in [1.29, 1.82) is 10.5 Å². The normalized spacial score (nSPS) is 15.2. The van der Waals surface area contributed by atoms with E-state index in [4.69, 9.17) is 39.6 Å². The Morgan fingerprint density at radius 1 is 0.971 bits per heavy atom. The zero-order chi connectivity index (χ0) is 48.2. The second kappa shape index (κ2) is 22.5. The lowest BCUT2D eigenvalue weighted by Crippen LogP contribution is -2.52. The van der Waals surface area contributed by atoms with Gasteiger partial charge in [-0.05, 0) is 66.6 Å². The third-order valence-electron chi connectivity index (χ3n) is 11.2. The maximum Gasteiger partial charge on any atom is 0.476 e. The van der Waals surface area contributed by atoms with Gasteiger partial charge in [0, 0.05) is 32.2 Å². The van der Waals surface area contributed by atoms with Crippen molar-refractivity contribution in [3.8, 4) is 17.9 Å². The first kappa shape index (κ1) is 48.7. The van der Waals surface area contributed by atoms with Gasteiger partial charge in [-0.1, -0.05) is 84.4 Å². The van der Waals surface area contributed by atoms with Gasteiger partial charge < -0.3 is 35.0 Å². The number of piperidine rings is 1. The van der Waals surface area contributed by atoms with Gasteiger partial charge in [0.1, 0.15) is 11.8 Å². The molecule has 21 heteroatoms. The Bertz CT molecular complexity index is 2800. The van der Waals surface area contributed by atoms with E-state index in [-0.39, 0.29) is 60.5 Å². The number of fused-ring (bicyclic) bond motifs is 1. The molecule has 4 aromatic carbocycles. The van der Waals surface area contributed by atoms with Gasteiger partial charge in [-0.2, -0.15) is 20.0 Å². The molecular formula is C47H48ClN10O9P. The Morgan fingerprint density at radius 3 is 2.24 bits per heavy atom. The van der Waals surface area contributed by atoms with Crippen molar-refractivity contribution in [1.82, 2.24) is 24.9 Å². The van der Waals surface area contributed by atoms with Crippen molar-refractivity contribution in [2.24, 2.45) is 5.92 Å². The van der Waals surface area contributed by atoms with Crippen LogP contribution in [0.25, 0.3) is 5.65 Å². The Morgan fingerprint density at radius 2 is 1.65 bits per heavy atom. The van der Waals surface area contributed by atoms with E-state index >= 15 is 0 Å². The molecular weight excluding hydrogens is 915 g/mol. The van der Waals surface area contributed by atoms with Crippen molar-refractivity contribution >= 4 is 60.3 Å². The molecule has 0 saturated carbocycles. The number of carbonyl (C=O) groups is 2. The van der Waals surface area contributed by atoms with Crippen molar-refractivity contribution in [3.05, 3.63) is 136 Å². The highest BCUT2D eigenvalue weighted by molar-refractivity contribution is 7.48. The van der Waals surface area contributed by atoms with Crippen LogP contribution in [0, 0.1) is 28.6 Å². The third-order valence-corrected chi connectivity index (χ3v) is 13.0. The van der Waals surface area contributed by atoms with Crippen LogP contribution in [-0.2, 0) is 47.4 Å². The summed E-state index contributed by atoms with van der Waals surface area (Å²) in [6.07, 6.45) is -1.08. The molecule has 68 heavy (non-hydrogen) atoms. The van der Waals surface area contributed by atoms with Gasteiger partial charge in [0.2, 0.25) is 5.95 Å². The molecule has 2 aromatic heterocycles. The predicted octanol–water partition coefficient (Wildman–Crippen LogP) is 8.25. The number of phosphoric ester groups is 1. The van der Waals surface area contributed by atoms with E-state index < -0.39 is 37.9 Å². The van der Waals surface area contributed by atoms with Crippen LogP contribution in [-0.4, -0.2) is 82.8 Å². The molecule has 0 spiro atoms. The van der Waals surface area contributed by atoms with E-state index in [0.717, 1.165) is 5.56 Å². The molecule has 1 unspecified atom stereocenters. The topological polar surface area (TPSA) is 239 Å². The molecule has 19 nitrogen and oxygen atoms in total. The number of halogens is 1. The molecule has 0 aliphatic carbocycles. The van der Waals surface area contributed by atoms with Crippen molar-refractivity contribution in [2.75, 3.05) is 49.0 Å². The number of ether oxygens (including phenoxy) is 2. The van der Waals surface area contributed by atoms with E-state index in [0.29, 0.717) is 53.7 Å². The van der Waals surface area contributed by atoms with Crippen molar-refractivity contribution in [2.45, 2.75) is 51.7 Å². The van der Waals surface area contributed by atoms with Gasteiger partial charge in [-0.15, -0.1) is 5.10 Å². The third kappa shape index (κ3) is 12.0. The number of benzene rings is 4. The zero-order valence-corrected chi connectivity index (χ0v) is 39.0. The zero-order valence-electron chi connectivity index (χ0n) is 37.3. The highest BCUT2D eigenvalue weighted by atomic mass is 35.5. The number of amides is 1. The number of nitrogens with one attached hydrogen (secondary N) is 2. The number of rotatable bonds is 20. The van der Waals surface area contributed by atoms with Crippen LogP contribution in [0.3, 0.4) is 0 Å². The first-order valence-corrected chi connectivity index (χ1v) is 23.3. The number of nitrogens with zero attached hydrogens (tertiary/aromatic N) is 8. The summed E-state index contributed by atoms with van der Waals surface area (Å²) in [6.45, 7) is 2.89. The summed E-state index contributed by atoms with van der Waals surface area (Å²) >= 11 is 7.20. The van der Waals surface area contributed by atoms with E-state index in [1.54, 1.807) is 61.7 Å². The summed E-state index contributed by atoms with van der Waals surface area (Å²) in [4.78, 5) is 38.8. The Balaban J connectivity index is 1.18. The molecule has 1 aliphatic rings. The lowest BCUT2D eigenvalue weighted by Gasteiger charge is -2.41. The maximum absolute atomic E-state index is 14.4. The van der Waals surface area contributed by atoms with Gasteiger partial charge in [0.05, 0.1) is 61.7 Å². The largest absolute Gasteiger partial charge is 0.497 e. The highest BCUT2D eigenvalue weighted by Gasteiger charge is 2.40. The maximum atomic E-state index is 14.4. The van der Waals surface area contributed by atoms with Crippen LogP contribution in [0.15, 0.2) is 103 Å². The number of hydrogen-bond donors (Lipinski definition) is 3. The summed E-state index contributed by atoms with van der Waals surface area (Å²) in [6, 6.07) is 32.1. The summed E-state index contributed by atoms with van der Waals surface area (Å²) < 4.78 is 43.3. The fraction of sp³-hybridized carbons (Fsp3) is 0.298. The summed E-state index contributed by atoms with van der Waals surface area (Å²) in [5, 5.41) is 41.6. The van der Waals surface area contributed by atoms with Crippen LogP contribution in [0.1, 0.15) is 47.7 Å². The number of aromatic nitrogens is 4. The Hall–Kier alpha value is -7.25. The monoisotopic (exact) mass is 962 g/mol. The van der Waals surface area contributed by atoms with Crippen molar-refractivity contribution < 1.29 is 42.3 Å². The van der Waals surface area contributed by atoms with Gasteiger partial charge in [-0.3, -0.25) is 13.6 Å². The van der Waals surface area contributed by atoms with E-state index in [2.05, 4.69) is 32.9 Å². The molecule has 3 N–H and O–H groups in total. The average molecular weight is 963 g/mol. The van der Waals surface area contributed by atoms with Gasteiger partial charge >= 0.3 is 19.9 Å². The lowest BCUT2D eigenvalue weighted by molar-refractivity contribution is -0.147. The molecule has 3 atom stereocenters. The molecule has 1 amide bonds. The quantitative estimate of drug-likeness (QED) is 0.0610. The fourth-order valence-corrected chi connectivity index (χ4v) is 9.25. The number of imidazole rings is 1. The lowest BCUT2D eigenvalue weighted by atomic mass is 9.87. The molecule has 0 radical (unpaired) electrons. The van der Waals surface area contributed by atoms with Crippen LogP contribution in [0.2, 0.25) is 5.02 Å². The molecule has 1 aliphatic heterocycles. The van der Waals surface area contributed by atoms with Gasteiger partial charge in [0.25, 0.3) is 0 Å². The number of carboxylic acids is 1. The number of alkyl carbamates (subject to hydrolysis) is 1. The number of anilines is 4. The first-order chi connectivity index (χ1) is 32.9. The van der Waals surface area contributed by atoms with Crippen LogP contribution in [0.5, 0.6) is 5.75 Å². The van der Waals surface area contributed by atoms with E-state index in [1.807, 2.05) is 53.1 Å². The van der Waals surface area contributed by atoms with Crippen LogP contribution < -0.4 is 25.2 Å². The second-order valence-electron chi connectivity index (χ2n) is 15.6. The number of phosphoric acid groups is 1. The summed E-state index contributed by atoms with van der Waals surface area (Å²) in [5.41, 5.74) is 3.65. The van der Waals surface area contributed by atoms with Gasteiger partial charge in [0.15, 0.2) is 23.3 Å². The second-order valence-corrected chi connectivity index (χ2v) is 17.6. The average Bonchev–Trinajstić information content (AvgIpc) is 3.79. The predicted molar refractivity (Wildman–Crippen MR) is 252 cm³/mol. The summed E-state index contributed by atoms with van der Waals surface area (Å²) in [5.74, 6) is -0.950. The molecule has 3 heterocycles. The van der Waals surface area contributed by atoms with Crippen molar-refractivity contribution in [3.63, 3.8) is 0 Å². The Labute approximate surface area is 397 Å².